The minimum absolute atomic E-state index is 0.0112. The number of sulfonamides is 1. The molecule has 1 aromatic rings. The maximum Gasteiger partial charge on any atom is 0.246 e. The van der Waals surface area contributed by atoms with Gasteiger partial charge < -0.3 is 10.8 Å². The van der Waals surface area contributed by atoms with E-state index < -0.39 is 16.1 Å². The van der Waals surface area contributed by atoms with E-state index in [1.54, 1.807) is 6.92 Å². The molecule has 116 valence electrons. The van der Waals surface area contributed by atoms with Gasteiger partial charge in [0.15, 0.2) is 5.82 Å². The second kappa shape index (κ2) is 7.30. The normalized spacial score (nSPS) is 15.2. The van der Waals surface area contributed by atoms with Gasteiger partial charge in [-0.05, 0) is 19.6 Å². The lowest BCUT2D eigenvalue weighted by Crippen LogP contribution is -2.41. The number of nitrogens with one attached hydrogen (secondary N) is 1. The van der Waals surface area contributed by atoms with Gasteiger partial charge in [-0.15, -0.1) is 0 Å². The maximum absolute atomic E-state index is 12.3. The summed E-state index contributed by atoms with van der Waals surface area (Å²) in [6.07, 6.45) is 4.09. The number of thioether (sulfide) groups is 1. The highest BCUT2D eigenvalue weighted by atomic mass is 32.2. The Morgan fingerprint density at radius 2 is 2.25 bits per heavy atom. The molecule has 4 N–H and O–H groups in total. The fourth-order valence-electron chi connectivity index (χ4n) is 1.79. The lowest BCUT2D eigenvalue weighted by atomic mass is 10.3. The SMILES string of the molecule is CCCn1cc(S(=O)(=O)NC(C)C(CO)SC)c(N)n1. The van der Waals surface area contributed by atoms with Crippen LogP contribution in [0.25, 0.3) is 0 Å². The molecule has 2 unspecified atom stereocenters. The molecule has 0 amide bonds. The summed E-state index contributed by atoms with van der Waals surface area (Å²) in [5.41, 5.74) is 5.67. The Balaban J connectivity index is 2.93. The van der Waals surface area contributed by atoms with Gasteiger partial charge in [0.25, 0.3) is 0 Å². The van der Waals surface area contributed by atoms with Gasteiger partial charge in [0, 0.05) is 24.0 Å². The molecule has 0 aliphatic heterocycles. The zero-order valence-electron chi connectivity index (χ0n) is 11.9. The van der Waals surface area contributed by atoms with Crippen LogP contribution in [-0.2, 0) is 16.6 Å². The summed E-state index contributed by atoms with van der Waals surface area (Å²) in [4.78, 5) is -0.0180. The number of hydrogen-bond acceptors (Lipinski definition) is 6. The van der Waals surface area contributed by atoms with Crippen LogP contribution in [-0.4, -0.2) is 47.5 Å². The summed E-state index contributed by atoms with van der Waals surface area (Å²) in [6.45, 7) is 4.19. The summed E-state index contributed by atoms with van der Waals surface area (Å²) in [7, 11) is -3.74. The number of nitrogen functional groups attached to an aromatic ring is 1. The third-order valence-corrected chi connectivity index (χ3v) is 5.62. The van der Waals surface area contributed by atoms with Crippen LogP contribution >= 0.6 is 11.8 Å². The van der Waals surface area contributed by atoms with E-state index in [9.17, 15) is 13.5 Å². The molecule has 20 heavy (non-hydrogen) atoms. The van der Waals surface area contributed by atoms with Crippen molar-refractivity contribution in [1.82, 2.24) is 14.5 Å². The maximum atomic E-state index is 12.3. The van der Waals surface area contributed by atoms with Gasteiger partial charge in [-0.25, -0.2) is 13.1 Å². The van der Waals surface area contributed by atoms with E-state index in [2.05, 4.69) is 9.82 Å². The number of nitrogens with zero attached hydrogens (tertiary/aromatic N) is 2. The van der Waals surface area contributed by atoms with Crippen molar-refractivity contribution < 1.29 is 13.5 Å². The number of rotatable bonds is 8. The summed E-state index contributed by atoms with van der Waals surface area (Å²) in [6, 6.07) is -0.408. The molecule has 2 atom stereocenters. The molecular formula is C11H22N4O3S2. The predicted molar refractivity (Wildman–Crippen MR) is 81.1 cm³/mol. The molecule has 0 fully saturated rings. The van der Waals surface area contributed by atoms with Crippen molar-refractivity contribution in [3.63, 3.8) is 0 Å². The highest BCUT2D eigenvalue weighted by molar-refractivity contribution is 7.99. The Morgan fingerprint density at radius 3 is 2.75 bits per heavy atom. The second-order valence-corrected chi connectivity index (χ2v) is 7.27. The van der Waals surface area contributed by atoms with Crippen LogP contribution in [0.1, 0.15) is 20.3 Å². The monoisotopic (exact) mass is 322 g/mol. The highest BCUT2D eigenvalue weighted by Gasteiger charge is 2.26. The minimum atomic E-state index is -3.74. The van der Waals surface area contributed by atoms with Crippen LogP contribution in [0.15, 0.2) is 11.1 Å². The van der Waals surface area contributed by atoms with Crippen molar-refractivity contribution >= 4 is 27.6 Å². The van der Waals surface area contributed by atoms with Gasteiger partial charge in [0.2, 0.25) is 10.0 Å². The Bertz CT molecular complexity index is 526. The predicted octanol–water partition coefficient (Wildman–Crippen LogP) is 0.266. The number of aliphatic hydroxyl groups is 1. The van der Waals surface area contributed by atoms with E-state index in [0.717, 1.165) is 6.42 Å². The molecule has 0 radical (unpaired) electrons. The van der Waals surface area contributed by atoms with Crippen LogP contribution < -0.4 is 10.5 Å². The van der Waals surface area contributed by atoms with Crippen LogP contribution in [0.5, 0.6) is 0 Å². The van der Waals surface area contributed by atoms with Crippen molar-refractivity contribution in [2.24, 2.45) is 0 Å². The Kier molecular flexibility index (Phi) is 6.31. The quantitative estimate of drug-likeness (QED) is 0.633. The second-order valence-electron chi connectivity index (χ2n) is 4.51. The first-order valence-corrected chi connectivity index (χ1v) is 9.11. The first kappa shape index (κ1) is 17.3. The molecule has 0 saturated carbocycles. The van der Waals surface area contributed by atoms with E-state index >= 15 is 0 Å². The fraction of sp³-hybridized carbons (Fsp3) is 0.727. The molecule has 1 aromatic heterocycles. The van der Waals surface area contributed by atoms with Crippen molar-refractivity contribution in [2.75, 3.05) is 18.6 Å². The smallest absolute Gasteiger partial charge is 0.246 e. The van der Waals surface area contributed by atoms with Crippen LogP contribution in [0, 0.1) is 0 Å². The van der Waals surface area contributed by atoms with Crippen molar-refractivity contribution in [3.05, 3.63) is 6.20 Å². The summed E-state index contributed by atoms with van der Waals surface area (Å²) < 4.78 is 28.6. The lowest BCUT2D eigenvalue weighted by molar-refractivity contribution is 0.282. The zero-order valence-corrected chi connectivity index (χ0v) is 13.5. The van der Waals surface area contributed by atoms with Gasteiger partial charge >= 0.3 is 0 Å². The molecule has 9 heteroatoms. The van der Waals surface area contributed by atoms with Crippen molar-refractivity contribution in [2.45, 2.75) is 43.0 Å². The van der Waals surface area contributed by atoms with Crippen LogP contribution in [0.3, 0.4) is 0 Å². The van der Waals surface area contributed by atoms with Crippen molar-refractivity contribution in [3.8, 4) is 0 Å². The Hall–Kier alpha value is -0.770. The van der Waals surface area contributed by atoms with Gasteiger partial charge in [0.1, 0.15) is 4.90 Å². The standard InChI is InChI=1S/C11H22N4O3S2/c1-4-5-15-6-10(11(12)13-15)20(17,18)14-8(2)9(7-16)19-3/h6,8-9,14,16H,4-5,7H2,1-3H3,(H2,12,13). The van der Waals surface area contributed by atoms with Gasteiger partial charge in [-0.2, -0.15) is 16.9 Å². The summed E-state index contributed by atoms with van der Waals surface area (Å²) >= 11 is 1.40. The molecule has 0 aromatic carbocycles. The van der Waals surface area contributed by atoms with Gasteiger partial charge in [-0.1, -0.05) is 6.92 Å². The van der Waals surface area contributed by atoms with E-state index in [0.29, 0.717) is 6.54 Å². The summed E-state index contributed by atoms with van der Waals surface area (Å²) in [5.74, 6) is -0.0112. The molecular weight excluding hydrogens is 300 g/mol. The number of hydrogen-bond donors (Lipinski definition) is 3. The minimum Gasteiger partial charge on any atom is -0.395 e. The molecule has 0 saturated heterocycles. The molecule has 7 nitrogen and oxygen atoms in total. The van der Waals surface area contributed by atoms with E-state index in [1.807, 2.05) is 13.2 Å². The average Bonchev–Trinajstić information content (AvgIpc) is 2.72. The average molecular weight is 322 g/mol. The molecule has 1 rings (SSSR count). The number of aryl methyl sites for hydroxylation is 1. The zero-order chi connectivity index (χ0) is 15.3. The number of aromatic nitrogens is 2. The van der Waals surface area contributed by atoms with Gasteiger partial charge in [0.05, 0.1) is 6.61 Å². The third-order valence-electron chi connectivity index (χ3n) is 2.88. The molecule has 1 heterocycles. The number of nitrogens with two attached hydrogens (primary N) is 1. The van der Waals surface area contributed by atoms with Gasteiger partial charge in [-0.3, -0.25) is 4.68 Å². The Morgan fingerprint density at radius 1 is 1.60 bits per heavy atom. The Labute approximate surface area is 124 Å². The highest BCUT2D eigenvalue weighted by Crippen LogP contribution is 2.19. The molecule has 0 aliphatic rings. The van der Waals surface area contributed by atoms with Crippen LogP contribution in [0.2, 0.25) is 0 Å². The van der Waals surface area contributed by atoms with E-state index in [4.69, 9.17) is 5.73 Å². The number of anilines is 1. The summed E-state index contributed by atoms with van der Waals surface area (Å²) in [5, 5.41) is 13.0. The van der Waals surface area contributed by atoms with E-state index in [1.165, 1.54) is 22.6 Å². The number of aliphatic hydroxyl groups excluding tert-OH is 1. The molecule has 0 spiro atoms. The van der Waals surface area contributed by atoms with Crippen molar-refractivity contribution in [1.29, 1.82) is 0 Å². The fourth-order valence-corrected chi connectivity index (χ4v) is 3.86. The molecule has 0 aliphatic carbocycles. The first-order chi connectivity index (χ1) is 9.35. The first-order valence-electron chi connectivity index (χ1n) is 6.34. The largest absolute Gasteiger partial charge is 0.395 e. The van der Waals surface area contributed by atoms with E-state index in [-0.39, 0.29) is 22.6 Å². The molecule has 0 bridgehead atoms. The third kappa shape index (κ3) is 4.11. The van der Waals surface area contributed by atoms with Crippen LogP contribution in [0.4, 0.5) is 5.82 Å². The lowest BCUT2D eigenvalue weighted by Gasteiger charge is -2.20. The topological polar surface area (TPSA) is 110 Å².